The van der Waals surface area contributed by atoms with Crippen molar-refractivity contribution < 1.29 is 4.74 Å². The van der Waals surface area contributed by atoms with E-state index in [2.05, 4.69) is 57.9 Å². The molecule has 0 saturated carbocycles. The van der Waals surface area contributed by atoms with Gasteiger partial charge in [-0.15, -0.1) is 5.10 Å². The maximum Gasteiger partial charge on any atom is 0.249 e. The van der Waals surface area contributed by atoms with Crippen LogP contribution < -0.4 is 15.4 Å². The van der Waals surface area contributed by atoms with Gasteiger partial charge in [0, 0.05) is 5.69 Å². The Morgan fingerprint density at radius 2 is 1.63 bits per heavy atom. The van der Waals surface area contributed by atoms with Crippen molar-refractivity contribution in [2.75, 3.05) is 17.2 Å². The molecule has 0 spiro atoms. The number of nitrogens with one attached hydrogen (secondary N) is 2. The predicted octanol–water partition coefficient (Wildman–Crippen LogP) is 4.88. The molecule has 6 nitrogen and oxygen atoms in total. The fourth-order valence-corrected chi connectivity index (χ4v) is 2.92. The minimum Gasteiger partial charge on any atom is -0.492 e. The molecule has 1 heterocycles. The Morgan fingerprint density at radius 1 is 0.889 bits per heavy atom. The molecule has 0 aliphatic heterocycles. The lowest BCUT2D eigenvalue weighted by atomic mass is 10.0. The van der Waals surface area contributed by atoms with Gasteiger partial charge in [0.25, 0.3) is 0 Å². The zero-order chi connectivity index (χ0) is 19.1. The van der Waals surface area contributed by atoms with Crippen molar-refractivity contribution in [3.8, 4) is 5.75 Å². The molecule has 0 fully saturated rings. The van der Waals surface area contributed by atoms with Gasteiger partial charge in [0.05, 0.1) is 18.5 Å². The summed E-state index contributed by atoms with van der Waals surface area (Å²) in [5.74, 6) is 1.82. The average Bonchev–Trinajstić information content (AvgIpc) is 2.70. The zero-order valence-corrected chi connectivity index (χ0v) is 16.0. The molecule has 0 radical (unpaired) electrons. The second kappa shape index (κ2) is 8.98. The van der Waals surface area contributed by atoms with E-state index in [0.717, 1.165) is 30.0 Å². The second-order valence-electron chi connectivity index (χ2n) is 6.00. The average molecular weight is 363 g/mol. The van der Waals surface area contributed by atoms with Crippen molar-refractivity contribution in [2.45, 2.75) is 33.6 Å². The predicted molar refractivity (Wildman–Crippen MR) is 109 cm³/mol. The number of benzene rings is 2. The van der Waals surface area contributed by atoms with E-state index < -0.39 is 0 Å². The maximum atomic E-state index is 5.64. The van der Waals surface area contributed by atoms with Gasteiger partial charge < -0.3 is 15.4 Å². The van der Waals surface area contributed by atoms with Gasteiger partial charge in [0.1, 0.15) is 5.75 Å². The van der Waals surface area contributed by atoms with Crippen LogP contribution in [0.1, 0.15) is 31.9 Å². The van der Waals surface area contributed by atoms with Gasteiger partial charge in [-0.05, 0) is 43.0 Å². The van der Waals surface area contributed by atoms with Crippen LogP contribution in [0, 0.1) is 0 Å². The van der Waals surface area contributed by atoms with Crippen molar-refractivity contribution in [3.63, 3.8) is 0 Å². The third kappa shape index (κ3) is 4.53. The lowest BCUT2D eigenvalue weighted by Crippen LogP contribution is -2.06. The molecule has 2 aromatic carbocycles. The Balaban J connectivity index is 1.85. The Morgan fingerprint density at radius 3 is 2.33 bits per heavy atom. The molecule has 3 aromatic rings. The summed E-state index contributed by atoms with van der Waals surface area (Å²) < 4.78 is 5.64. The number of hydrogen-bond acceptors (Lipinski definition) is 6. The molecule has 3 rings (SSSR count). The van der Waals surface area contributed by atoms with Gasteiger partial charge in [0.2, 0.25) is 5.95 Å². The second-order valence-corrected chi connectivity index (χ2v) is 6.00. The molecule has 140 valence electrons. The first-order valence-corrected chi connectivity index (χ1v) is 9.31. The van der Waals surface area contributed by atoms with Crippen LogP contribution in [0.3, 0.4) is 0 Å². The largest absolute Gasteiger partial charge is 0.492 e. The van der Waals surface area contributed by atoms with Crippen LogP contribution in [-0.4, -0.2) is 21.8 Å². The summed E-state index contributed by atoms with van der Waals surface area (Å²) in [6.45, 7) is 6.84. The van der Waals surface area contributed by atoms with Crippen molar-refractivity contribution >= 4 is 23.1 Å². The first-order valence-electron chi connectivity index (χ1n) is 9.31. The highest BCUT2D eigenvalue weighted by atomic mass is 16.5. The van der Waals surface area contributed by atoms with E-state index in [0.29, 0.717) is 18.4 Å². The number of hydrogen-bond donors (Lipinski definition) is 2. The monoisotopic (exact) mass is 363 g/mol. The van der Waals surface area contributed by atoms with E-state index in [4.69, 9.17) is 4.74 Å². The van der Waals surface area contributed by atoms with Gasteiger partial charge >= 0.3 is 0 Å². The normalized spacial score (nSPS) is 10.5. The first-order chi connectivity index (χ1) is 13.2. The summed E-state index contributed by atoms with van der Waals surface area (Å²) in [5.41, 5.74) is 4.42. The Kier molecular flexibility index (Phi) is 6.20. The number of rotatable bonds is 8. The number of ether oxygens (including phenoxy) is 1. The summed E-state index contributed by atoms with van der Waals surface area (Å²) in [5, 5.41) is 14.8. The summed E-state index contributed by atoms with van der Waals surface area (Å²) in [6, 6.07) is 14.1. The number of aryl methyl sites for hydroxylation is 2. The van der Waals surface area contributed by atoms with E-state index in [1.807, 2.05) is 31.2 Å². The molecule has 0 aliphatic rings. The smallest absolute Gasteiger partial charge is 0.249 e. The third-order valence-electron chi connectivity index (χ3n) is 4.24. The number of nitrogens with zero attached hydrogens (tertiary/aromatic N) is 3. The fraction of sp³-hybridized carbons (Fsp3) is 0.286. The minimum absolute atomic E-state index is 0.416. The number of anilines is 4. The van der Waals surface area contributed by atoms with Crippen LogP contribution in [0.4, 0.5) is 23.1 Å². The zero-order valence-electron chi connectivity index (χ0n) is 16.0. The van der Waals surface area contributed by atoms with E-state index >= 15 is 0 Å². The van der Waals surface area contributed by atoms with Crippen molar-refractivity contribution in [1.29, 1.82) is 0 Å². The highest BCUT2D eigenvalue weighted by molar-refractivity contribution is 5.66. The Labute approximate surface area is 160 Å². The number of para-hydroxylation sites is 3. The SMILES string of the molecule is CCOc1ccccc1Nc1nncc(Nc2c(CC)cccc2CC)n1. The van der Waals surface area contributed by atoms with Crippen molar-refractivity contribution in [2.24, 2.45) is 0 Å². The Bertz CT molecular complexity index is 875. The third-order valence-corrected chi connectivity index (χ3v) is 4.24. The van der Waals surface area contributed by atoms with E-state index in [1.165, 1.54) is 11.1 Å². The molecule has 27 heavy (non-hydrogen) atoms. The van der Waals surface area contributed by atoms with Crippen LogP contribution in [0.2, 0.25) is 0 Å². The summed E-state index contributed by atoms with van der Waals surface area (Å²) in [7, 11) is 0. The Hall–Kier alpha value is -3.15. The first kappa shape index (κ1) is 18.6. The summed E-state index contributed by atoms with van der Waals surface area (Å²) >= 11 is 0. The van der Waals surface area contributed by atoms with Crippen LogP contribution in [0.25, 0.3) is 0 Å². The lowest BCUT2D eigenvalue weighted by Gasteiger charge is -2.15. The van der Waals surface area contributed by atoms with Crippen LogP contribution in [-0.2, 0) is 12.8 Å². The summed E-state index contributed by atoms with van der Waals surface area (Å²) in [6.07, 6.45) is 3.52. The standard InChI is InChI=1S/C21H25N5O/c1-4-15-10-9-11-16(5-2)20(15)24-19-14-22-26-21(25-19)23-17-12-7-8-13-18(17)27-6-3/h7-14H,4-6H2,1-3H3,(H2,23,24,25,26). The van der Waals surface area contributed by atoms with Crippen molar-refractivity contribution in [3.05, 3.63) is 59.8 Å². The van der Waals surface area contributed by atoms with Gasteiger partial charge in [-0.2, -0.15) is 10.1 Å². The highest BCUT2D eigenvalue weighted by Gasteiger charge is 2.10. The molecule has 1 aromatic heterocycles. The van der Waals surface area contributed by atoms with E-state index in [1.54, 1.807) is 6.20 Å². The molecule has 0 amide bonds. The topological polar surface area (TPSA) is 72.0 Å². The van der Waals surface area contributed by atoms with Gasteiger partial charge in [-0.25, -0.2) is 0 Å². The highest BCUT2D eigenvalue weighted by Crippen LogP contribution is 2.28. The van der Waals surface area contributed by atoms with Crippen LogP contribution >= 0.6 is 0 Å². The molecule has 0 unspecified atom stereocenters. The molecule has 0 aliphatic carbocycles. The van der Waals surface area contributed by atoms with Crippen LogP contribution in [0.5, 0.6) is 5.75 Å². The van der Waals surface area contributed by atoms with Gasteiger partial charge in [0.15, 0.2) is 5.82 Å². The quantitative estimate of drug-likeness (QED) is 0.594. The molecule has 0 atom stereocenters. The molecule has 0 bridgehead atoms. The summed E-state index contributed by atoms with van der Waals surface area (Å²) in [4.78, 5) is 4.56. The molecule has 2 N–H and O–H groups in total. The molecule has 0 saturated heterocycles. The minimum atomic E-state index is 0.416. The number of aromatic nitrogens is 3. The molecule has 6 heteroatoms. The molecular weight excluding hydrogens is 338 g/mol. The van der Waals surface area contributed by atoms with Gasteiger partial charge in [-0.3, -0.25) is 0 Å². The maximum absolute atomic E-state index is 5.64. The molecular formula is C21H25N5O. The van der Waals surface area contributed by atoms with Crippen molar-refractivity contribution in [1.82, 2.24) is 15.2 Å². The van der Waals surface area contributed by atoms with E-state index in [9.17, 15) is 0 Å². The van der Waals surface area contributed by atoms with Crippen LogP contribution in [0.15, 0.2) is 48.7 Å². The van der Waals surface area contributed by atoms with E-state index in [-0.39, 0.29) is 0 Å². The van der Waals surface area contributed by atoms with Gasteiger partial charge in [-0.1, -0.05) is 44.2 Å². The lowest BCUT2D eigenvalue weighted by molar-refractivity contribution is 0.342. The fourth-order valence-electron chi connectivity index (χ4n) is 2.92.